The molecular weight excluding hydrogens is 348 g/mol. The number of aromatic nitrogens is 1. The Bertz CT molecular complexity index is 927. The van der Waals surface area contributed by atoms with Gasteiger partial charge in [-0.05, 0) is 36.2 Å². The second kappa shape index (κ2) is 8.48. The summed E-state index contributed by atoms with van der Waals surface area (Å²) in [6, 6.07) is 17.0. The highest BCUT2D eigenvalue weighted by Gasteiger charge is 2.24. The van der Waals surface area contributed by atoms with Crippen molar-refractivity contribution in [1.29, 1.82) is 0 Å². The number of anilines is 1. The Kier molecular flexibility index (Phi) is 6.05. The maximum Gasteiger partial charge on any atom is 0.279 e. The quantitative estimate of drug-likeness (QED) is 0.662. The number of nitrogens with one attached hydrogen (secondary N) is 1. The lowest BCUT2D eigenvalue weighted by atomic mass is 9.90. The summed E-state index contributed by atoms with van der Waals surface area (Å²) in [5.74, 6) is 0.338. The number of aromatic amines is 1. The molecule has 148 valence electrons. The molecule has 3 N–H and O–H groups in total. The summed E-state index contributed by atoms with van der Waals surface area (Å²) in [4.78, 5) is 19.5. The van der Waals surface area contributed by atoms with Crippen molar-refractivity contribution < 1.29 is 10.1 Å². The van der Waals surface area contributed by atoms with Gasteiger partial charge in [-0.25, -0.2) is 0 Å². The third-order valence-electron chi connectivity index (χ3n) is 5.36. The maximum atomic E-state index is 12.3. The number of nitrogens with two attached hydrogens (primary N) is 1. The summed E-state index contributed by atoms with van der Waals surface area (Å²) in [6.07, 6.45) is 2.11. The molecule has 0 fully saturated rings. The molecule has 3 aromatic rings. The van der Waals surface area contributed by atoms with Gasteiger partial charge in [0.05, 0.1) is 12.5 Å². The third-order valence-corrected chi connectivity index (χ3v) is 5.36. The Balaban J connectivity index is 1.93. The van der Waals surface area contributed by atoms with Gasteiger partial charge in [0.15, 0.2) is 6.04 Å². The van der Waals surface area contributed by atoms with Gasteiger partial charge >= 0.3 is 0 Å². The molecule has 0 unspecified atom stereocenters. The molecule has 0 radical (unpaired) electrons. The van der Waals surface area contributed by atoms with E-state index in [0.717, 1.165) is 12.1 Å². The van der Waals surface area contributed by atoms with Crippen molar-refractivity contribution in [3.8, 4) is 0 Å². The highest BCUT2D eigenvalue weighted by Crippen LogP contribution is 2.30. The molecule has 2 aromatic carbocycles. The minimum absolute atomic E-state index is 0.108. The van der Waals surface area contributed by atoms with Crippen LogP contribution in [0.1, 0.15) is 24.0 Å². The number of para-hydroxylation sites is 1. The molecule has 2 atom stereocenters. The predicted molar refractivity (Wildman–Crippen MR) is 116 cm³/mol. The molecule has 0 aliphatic carbocycles. The van der Waals surface area contributed by atoms with E-state index in [2.05, 4.69) is 78.0 Å². The Morgan fingerprint density at radius 3 is 2.36 bits per heavy atom. The second-order valence-electron chi connectivity index (χ2n) is 7.82. The fraction of sp³-hybridized carbons (Fsp3) is 0.348. The van der Waals surface area contributed by atoms with Gasteiger partial charge in [-0.3, -0.25) is 4.79 Å². The van der Waals surface area contributed by atoms with E-state index in [1.807, 2.05) is 27.1 Å². The van der Waals surface area contributed by atoms with Crippen molar-refractivity contribution in [2.24, 2.45) is 0 Å². The van der Waals surface area contributed by atoms with Crippen molar-refractivity contribution in [2.45, 2.75) is 18.9 Å². The lowest BCUT2D eigenvalue weighted by Gasteiger charge is -2.21. The van der Waals surface area contributed by atoms with Crippen molar-refractivity contribution in [2.75, 3.05) is 39.6 Å². The number of H-pyrrole nitrogens is 1. The van der Waals surface area contributed by atoms with Crippen LogP contribution < -0.4 is 10.2 Å². The zero-order chi connectivity index (χ0) is 20.3. The monoisotopic (exact) mass is 379 g/mol. The van der Waals surface area contributed by atoms with E-state index in [1.165, 1.54) is 22.2 Å². The molecule has 28 heavy (non-hydrogen) atoms. The number of amides is 1. The zero-order valence-electron chi connectivity index (χ0n) is 17.4. The normalized spacial score (nSPS) is 13.3. The minimum Gasteiger partial charge on any atom is -0.378 e. The second-order valence-corrected chi connectivity index (χ2v) is 7.82. The number of rotatable bonds is 7. The van der Waals surface area contributed by atoms with Crippen LogP contribution >= 0.6 is 0 Å². The van der Waals surface area contributed by atoms with Gasteiger partial charge in [0.2, 0.25) is 0 Å². The molecule has 0 aliphatic heterocycles. The number of likely N-dealkylation sites (N-methyl/N-ethyl adjacent to an activating group) is 1. The van der Waals surface area contributed by atoms with Crippen LogP contribution in [0.25, 0.3) is 10.9 Å². The van der Waals surface area contributed by atoms with Crippen LogP contribution in [0.3, 0.4) is 0 Å². The molecule has 1 heterocycles. The first kappa shape index (κ1) is 20.0. The molecule has 1 amide bonds. The fourth-order valence-electron chi connectivity index (χ4n) is 3.68. The predicted octanol–water partition coefficient (Wildman–Crippen LogP) is 2.41. The van der Waals surface area contributed by atoms with Crippen LogP contribution in [0, 0.1) is 0 Å². The molecule has 1 aromatic heterocycles. The highest BCUT2D eigenvalue weighted by molar-refractivity contribution is 5.84. The molecule has 0 saturated carbocycles. The van der Waals surface area contributed by atoms with Gasteiger partial charge in [-0.1, -0.05) is 30.3 Å². The van der Waals surface area contributed by atoms with Crippen molar-refractivity contribution in [1.82, 2.24) is 9.88 Å². The molecular formula is C23H31N4O+. The summed E-state index contributed by atoms with van der Waals surface area (Å²) in [6.45, 7) is 2.79. The first-order valence-corrected chi connectivity index (χ1v) is 9.76. The number of benzene rings is 2. The lowest BCUT2D eigenvalue weighted by Crippen LogP contribution is -2.92. The van der Waals surface area contributed by atoms with Crippen LogP contribution in [-0.2, 0) is 4.79 Å². The fourth-order valence-corrected chi connectivity index (χ4v) is 3.68. The summed E-state index contributed by atoms with van der Waals surface area (Å²) >= 11 is 0. The van der Waals surface area contributed by atoms with Gasteiger partial charge in [-0.15, -0.1) is 0 Å². The Hall–Kier alpha value is -2.79. The average molecular weight is 380 g/mol. The van der Waals surface area contributed by atoms with Crippen molar-refractivity contribution in [3.63, 3.8) is 0 Å². The van der Waals surface area contributed by atoms with Crippen LogP contribution in [0.2, 0.25) is 0 Å². The number of carbonyl (C=O) groups is 1. The van der Waals surface area contributed by atoms with E-state index < -0.39 is 0 Å². The van der Waals surface area contributed by atoms with E-state index in [-0.39, 0.29) is 17.9 Å². The zero-order valence-corrected chi connectivity index (χ0v) is 17.4. The van der Waals surface area contributed by atoms with E-state index in [9.17, 15) is 4.79 Å². The summed E-state index contributed by atoms with van der Waals surface area (Å²) in [5, 5.41) is 3.39. The van der Waals surface area contributed by atoms with Gasteiger partial charge in [0.1, 0.15) is 0 Å². The molecule has 0 aliphatic rings. The van der Waals surface area contributed by atoms with Crippen LogP contribution in [0.4, 0.5) is 5.69 Å². The molecule has 5 heteroatoms. The van der Waals surface area contributed by atoms with Gasteiger partial charge < -0.3 is 20.1 Å². The van der Waals surface area contributed by atoms with E-state index >= 15 is 0 Å². The number of fused-ring (bicyclic) bond motifs is 1. The number of nitrogens with zero attached hydrogens (tertiary/aromatic N) is 2. The van der Waals surface area contributed by atoms with Crippen LogP contribution in [-0.4, -0.2) is 56.6 Å². The Morgan fingerprint density at radius 1 is 1.04 bits per heavy atom. The summed E-state index contributed by atoms with van der Waals surface area (Å²) in [7, 11) is 7.72. The first-order valence-electron chi connectivity index (χ1n) is 9.76. The van der Waals surface area contributed by atoms with Crippen LogP contribution in [0.15, 0.2) is 54.7 Å². The molecule has 0 saturated heterocycles. The number of hydrogen-bond donors (Lipinski definition) is 2. The minimum atomic E-state index is -0.108. The smallest absolute Gasteiger partial charge is 0.279 e. The van der Waals surface area contributed by atoms with Gasteiger partial charge in [0.25, 0.3) is 5.91 Å². The van der Waals surface area contributed by atoms with Gasteiger partial charge in [0, 0.05) is 51.0 Å². The molecule has 3 rings (SSSR count). The van der Waals surface area contributed by atoms with Crippen molar-refractivity contribution in [3.05, 3.63) is 65.9 Å². The average Bonchev–Trinajstić information content (AvgIpc) is 3.11. The summed E-state index contributed by atoms with van der Waals surface area (Å²) < 4.78 is 0. The van der Waals surface area contributed by atoms with Crippen LogP contribution in [0.5, 0.6) is 0 Å². The maximum absolute atomic E-state index is 12.3. The van der Waals surface area contributed by atoms with E-state index in [0.29, 0.717) is 0 Å². The number of quaternary nitrogens is 1. The lowest BCUT2D eigenvalue weighted by molar-refractivity contribution is -0.675. The Morgan fingerprint density at radius 2 is 1.71 bits per heavy atom. The SMILES string of the molecule is C[C@@H]([NH2+]C[C@@H](c1ccc(N(C)C)cc1)c1c[nH]c2ccccc12)C(=O)N(C)C. The standard InChI is InChI=1S/C23H30N4O/c1-16(23(28)27(4)5)24-14-20(17-10-12-18(13-11-17)26(2)3)21-15-25-22-9-7-6-8-19(21)22/h6-13,15-16,20,24-25H,14H2,1-5H3/p+1/t16-,20+/m1/s1. The summed E-state index contributed by atoms with van der Waals surface area (Å²) in [5.41, 5.74) is 4.86. The molecule has 0 spiro atoms. The topological polar surface area (TPSA) is 56.0 Å². The Labute approximate surface area is 167 Å². The highest BCUT2D eigenvalue weighted by atomic mass is 16.2. The van der Waals surface area contributed by atoms with Crippen molar-refractivity contribution >= 4 is 22.5 Å². The van der Waals surface area contributed by atoms with E-state index in [1.54, 1.807) is 4.90 Å². The number of hydrogen-bond acceptors (Lipinski definition) is 2. The van der Waals surface area contributed by atoms with Gasteiger partial charge in [-0.2, -0.15) is 0 Å². The van der Waals surface area contributed by atoms with E-state index in [4.69, 9.17) is 0 Å². The molecule has 5 nitrogen and oxygen atoms in total. The third kappa shape index (κ3) is 4.20. The first-order chi connectivity index (χ1) is 13.4. The number of carbonyl (C=O) groups excluding carboxylic acids is 1. The molecule has 0 bridgehead atoms. The largest absolute Gasteiger partial charge is 0.378 e.